The molecule has 2 aromatic rings. The highest BCUT2D eigenvalue weighted by Gasteiger charge is 2.27. The van der Waals surface area contributed by atoms with Gasteiger partial charge in [0.25, 0.3) is 11.5 Å². The molecule has 4 heterocycles. The third kappa shape index (κ3) is 5.72. The Morgan fingerprint density at radius 2 is 1.91 bits per heavy atom. The van der Waals surface area contributed by atoms with Crippen molar-refractivity contribution in [3.63, 3.8) is 0 Å². The minimum atomic E-state index is -0.367. The minimum Gasteiger partial charge on any atom is -0.477 e. The number of aromatic nitrogens is 1. The first-order chi connectivity index (χ1) is 16.5. The monoisotopic (exact) mass is 522 g/mol. The van der Waals surface area contributed by atoms with Gasteiger partial charge in [-0.25, -0.2) is 9.38 Å². The fraction of sp³-hybridized carbons (Fsp3) is 0.391. The summed E-state index contributed by atoms with van der Waals surface area (Å²) in [7, 11) is 0. The predicted molar refractivity (Wildman–Crippen MR) is 135 cm³/mol. The number of amidine groups is 2. The lowest BCUT2D eigenvalue weighted by Crippen LogP contribution is -2.48. The number of amides is 1. The van der Waals surface area contributed by atoms with Crippen molar-refractivity contribution in [3.8, 4) is 0 Å². The second-order valence-electron chi connectivity index (χ2n) is 8.47. The van der Waals surface area contributed by atoms with Crippen molar-refractivity contribution in [2.24, 2.45) is 9.98 Å². The molecule has 0 atom stereocenters. The van der Waals surface area contributed by atoms with E-state index in [2.05, 4.69) is 25.5 Å². The number of aliphatic imine (C=N–C) groups is 2. The van der Waals surface area contributed by atoms with Gasteiger partial charge in [0, 0.05) is 25.2 Å². The molecular weight excluding hydrogens is 498 g/mol. The molecular formula is C23H25Cl2FN6O3. The van der Waals surface area contributed by atoms with Crippen molar-refractivity contribution < 1.29 is 13.9 Å². The smallest absolute Gasteiger partial charge is 0.285 e. The van der Waals surface area contributed by atoms with Crippen molar-refractivity contribution in [1.82, 2.24) is 20.1 Å². The summed E-state index contributed by atoms with van der Waals surface area (Å²) in [4.78, 5) is 34.4. The number of likely N-dealkylation sites (tertiary alicyclic amines) is 1. The molecule has 2 N–H and O–H groups in total. The van der Waals surface area contributed by atoms with Gasteiger partial charge in [-0.2, -0.15) is 4.99 Å². The molecule has 35 heavy (non-hydrogen) atoms. The second-order valence-corrected chi connectivity index (χ2v) is 8.83. The van der Waals surface area contributed by atoms with E-state index in [4.69, 9.17) is 16.3 Å². The maximum atomic E-state index is 13.7. The van der Waals surface area contributed by atoms with Gasteiger partial charge in [0.2, 0.25) is 0 Å². The zero-order valence-corrected chi connectivity index (χ0v) is 20.4. The van der Waals surface area contributed by atoms with Crippen molar-refractivity contribution in [2.75, 3.05) is 32.8 Å². The van der Waals surface area contributed by atoms with Crippen LogP contribution in [0.25, 0.3) is 10.9 Å². The Labute approximate surface area is 212 Å². The van der Waals surface area contributed by atoms with Gasteiger partial charge in [-0.05, 0) is 55.6 Å². The highest BCUT2D eigenvalue weighted by atomic mass is 35.5. The SMILES string of the molecule is Cl.O=C1COC2=C(Cl)N=C(CNC3CCN(CCn4c(=O)ccc5ccc(F)cc54)CC3)NC2=N1. The molecule has 1 aromatic carbocycles. The van der Waals surface area contributed by atoms with Gasteiger partial charge < -0.3 is 24.8 Å². The van der Waals surface area contributed by atoms with Crippen molar-refractivity contribution in [1.29, 1.82) is 0 Å². The number of hydrogen-bond donors (Lipinski definition) is 2. The lowest BCUT2D eigenvalue weighted by Gasteiger charge is -2.33. The molecule has 0 radical (unpaired) electrons. The maximum absolute atomic E-state index is 13.7. The number of halogens is 3. The van der Waals surface area contributed by atoms with Crippen molar-refractivity contribution in [2.45, 2.75) is 25.4 Å². The van der Waals surface area contributed by atoms with E-state index >= 15 is 0 Å². The summed E-state index contributed by atoms with van der Waals surface area (Å²) in [6.45, 7) is 3.31. The molecule has 1 saturated heterocycles. The number of ether oxygens (including phenoxy) is 1. The van der Waals surface area contributed by atoms with Crippen LogP contribution in [0.2, 0.25) is 0 Å². The number of benzene rings is 1. The molecule has 0 unspecified atom stereocenters. The molecule has 9 nitrogen and oxygen atoms in total. The van der Waals surface area contributed by atoms with E-state index in [-0.39, 0.29) is 41.5 Å². The second kappa shape index (κ2) is 10.9. The number of carbonyl (C=O) groups excluding carboxylic acids is 1. The number of piperidine rings is 1. The van der Waals surface area contributed by atoms with Crippen LogP contribution in [0.15, 0.2) is 56.0 Å². The number of hydrogen-bond acceptors (Lipinski definition) is 7. The van der Waals surface area contributed by atoms with E-state index in [0.717, 1.165) is 31.3 Å². The molecule has 5 rings (SSSR count). The molecule has 0 aliphatic carbocycles. The zero-order chi connectivity index (χ0) is 23.7. The van der Waals surface area contributed by atoms with Crippen LogP contribution in [-0.4, -0.2) is 65.9 Å². The topological polar surface area (TPSA) is 100 Å². The van der Waals surface area contributed by atoms with Crippen LogP contribution >= 0.6 is 24.0 Å². The van der Waals surface area contributed by atoms with Gasteiger partial charge in [0.15, 0.2) is 23.4 Å². The Hall–Kier alpha value is -2.79. The number of pyridine rings is 1. The van der Waals surface area contributed by atoms with Gasteiger partial charge in [0.1, 0.15) is 11.7 Å². The van der Waals surface area contributed by atoms with Crippen LogP contribution < -0.4 is 16.2 Å². The number of fused-ring (bicyclic) bond motifs is 2. The largest absolute Gasteiger partial charge is 0.477 e. The normalized spacial score (nSPS) is 18.9. The third-order valence-corrected chi connectivity index (χ3v) is 6.47. The summed E-state index contributed by atoms with van der Waals surface area (Å²) in [6.07, 6.45) is 1.87. The first-order valence-corrected chi connectivity index (χ1v) is 11.6. The molecule has 1 amide bonds. The average molecular weight is 523 g/mol. The zero-order valence-electron chi connectivity index (χ0n) is 18.8. The summed E-state index contributed by atoms with van der Waals surface area (Å²) in [6, 6.07) is 8.07. The summed E-state index contributed by atoms with van der Waals surface area (Å²) in [5, 5.41) is 7.51. The predicted octanol–water partition coefficient (Wildman–Crippen LogP) is 1.98. The molecule has 0 bridgehead atoms. The van der Waals surface area contributed by atoms with Crippen LogP contribution in [0.5, 0.6) is 0 Å². The standard InChI is InChI=1S/C23H24ClFN6O3.ClH/c24-22-21-23(29-19(32)13-34-21)28-18(27-22)12-26-16-5-7-30(8-6-16)9-10-31-17-11-15(25)3-1-14(17)2-4-20(31)33;/h1-4,11,16,26H,5-10,12-13H2,(H,27,28,29,32);1H. The third-order valence-electron chi connectivity index (χ3n) is 6.22. The summed E-state index contributed by atoms with van der Waals surface area (Å²) >= 11 is 6.17. The first-order valence-electron chi connectivity index (χ1n) is 11.2. The average Bonchev–Trinajstić information content (AvgIpc) is 2.82. The highest BCUT2D eigenvalue weighted by Crippen LogP contribution is 2.20. The molecule has 0 spiro atoms. The van der Waals surface area contributed by atoms with Crippen LogP contribution in [0, 0.1) is 5.82 Å². The van der Waals surface area contributed by atoms with E-state index in [1.165, 1.54) is 18.2 Å². The van der Waals surface area contributed by atoms with E-state index in [0.29, 0.717) is 48.6 Å². The Morgan fingerprint density at radius 3 is 2.71 bits per heavy atom. The quantitative estimate of drug-likeness (QED) is 0.562. The Morgan fingerprint density at radius 1 is 1.14 bits per heavy atom. The van der Waals surface area contributed by atoms with Crippen LogP contribution in [0.3, 0.4) is 0 Å². The highest BCUT2D eigenvalue weighted by molar-refractivity contribution is 6.34. The summed E-state index contributed by atoms with van der Waals surface area (Å²) in [5.41, 5.74) is 0.497. The van der Waals surface area contributed by atoms with Gasteiger partial charge in [0.05, 0.1) is 12.1 Å². The van der Waals surface area contributed by atoms with Crippen LogP contribution in [0.4, 0.5) is 4.39 Å². The molecule has 3 aliphatic heterocycles. The minimum absolute atomic E-state index is 0. The first kappa shape index (κ1) is 25.3. The fourth-order valence-electron chi connectivity index (χ4n) is 4.40. The Bertz CT molecular complexity index is 1280. The van der Waals surface area contributed by atoms with Crippen molar-refractivity contribution >= 4 is 52.5 Å². The number of rotatable bonds is 6. The maximum Gasteiger partial charge on any atom is 0.285 e. The van der Waals surface area contributed by atoms with Gasteiger partial charge >= 0.3 is 0 Å². The van der Waals surface area contributed by atoms with Crippen LogP contribution in [0.1, 0.15) is 12.8 Å². The van der Waals surface area contributed by atoms with Gasteiger partial charge in [-0.15, -0.1) is 12.4 Å². The molecule has 186 valence electrons. The summed E-state index contributed by atoms with van der Waals surface area (Å²) < 4.78 is 20.7. The fourth-order valence-corrected chi connectivity index (χ4v) is 4.65. The molecule has 0 saturated carbocycles. The molecule has 3 aliphatic rings. The number of nitrogens with one attached hydrogen (secondary N) is 2. The van der Waals surface area contributed by atoms with E-state index in [1.54, 1.807) is 16.7 Å². The van der Waals surface area contributed by atoms with E-state index in [1.807, 2.05) is 0 Å². The van der Waals surface area contributed by atoms with E-state index in [9.17, 15) is 14.0 Å². The van der Waals surface area contributed by atoms with Gasteiger partial charge in [-0.1, -0.05) is 11.6 Å². The van der Waals surface area contributed by atoms with Crippen molar-refractivity contribution in [3.05, 3.63) is 57.4 Å². The Balaban J connectivity index is 0.00000289. The molecule has 1 aromatic heterocycles. The lowest BCUT2D eigenvalue weighted by atomic mass is 10.1. The molecule has 12 heteroatoms. The summed E-state index contributed by atoms with van der Waals surface area (Å²) in [5.74, 6) is 0.459. The lowest BCUT2D eigenvalue weighted by molar-refractivity contribution is -0.121. The van der Waals surface area contributed by atoms with Gasteiger partial charge in [-0.3, -0.25) is 9.59 Å². The Kier molecular flexibility index (Phi) is 7.85. The molecule has 1 fully saturated rings. The number of carbonyl (C=O) groups is 1. The van der Waals surface area contributed by atoms with Crippen LogP contribution in [-0.2, 0) is 16.1 Å². The number of nitrogens with zero attached hydrogens (tertiary/aromatic N) is 4. The van der Waals surface area contributed by atoms with E-state index < -0.39 is 0 Å².